The van der Waals surface area contributed by atoms with Crippen molar-refractivity contribution < 1.29 is 28.1 Å². The van der Waals surface area contributed by atoms with E-state index in [2.05, 4.69) is 5.32 Å². The molecule has 1 N–H and O–H groups in total. The third-order valence-corrected chi connectivity index (χ3v) is 3.76. The zero-order chi connectivity index (χ0) is 19.1. The van der Waals surface area contributed by atoms with Crippen molar-refractivity contribution in [2.24, 2.45) is 0 Å². The van der Waals surface area contributed by atoms with E-state index in [4.69, 9.17) is 30.5 Å². The Balaban J connectivity index is 1.97. The Morgan fingerprint density at radius 2 is 1.69 bits per heavy atom. The molecule has 0 aliphatic heterocycles. The quantitative estimate of drug-likeness (QED) is 0.708. The van der Waals surface area contributed by atoms with Crippen molar-refractivity contribution >= 4 is 17.5 Å². The molecule has 140 valence electrons. The van der Waals surface area contributed by atoms with Crippen LogP contribution >= 0.6 is 11.6 Å². The maximum Gasteiger partial charge on any atom is 0.251 e. The van der Waals surface area contributed by atoms with Crippen molar-refractivity contribution in [2.75, 3.05) is 34.5 Å². The monoisotopic (exact) mass is 383 g/mol. The molecule has 2 aromatic carbocycles. The number of rotatable bonds is 8. The molecule has 0 saturated carbocycles. The van der Waals surface area contributed by atoms with E-state index in [0.29, 0.717) is 28.6 Å². The van der Waals surface area contributed by atoms with E-state index in [9.17, 15) is 9.18 Å². The second-order valence-corrected chi connectivity index (χ2v) is 5.50. The minimum absolute atomic E-state index is 0.168. The Morgan fingerprint density at radius 1 is 1.04 bits per heavy atom. The van der Waals surface area contributed by atoms with Crippen LogP contribution in [0.1, 0.15) is 10.4 Å². The van der Waals surface area contributed by atoms with E-state index in [1.807, 2.05) is 0 Å². The number of amides is 1. The van der Waals surface area contributed by atoms with E-state index in [1.54, 1.807) is 12.1 Å². The number of carbonyl (C=O) groups is 1. The molecule has 2 rings (SSSR count). The summed E-state index contributed by atoms with van der Waals surface area (Å²) in [6.07, 6.45) is 0. The van der Waals surface area contributed by atoms with Gasteiger partial charge in [-0.2, -0.15) is 0 Å². The normalized spacial score (nSPS) is 10.2. The van der Waals surface area contributed by atoms with E-state index in [-0.39, 0.29) is 24.1 Å². The van der Waals surface area contributed by atoms with Crippen LogP contribution in [-0.4, -0.2) is 40.4 Å². The molecule has 0 unspecified atom stereocenters. The lowest BCUT2D eigenvalue weighted by atomic mass is 10.1. The summed E-state index contributed by atoms with van der Waals surface area (Å²) in [5, 5.41) is 2.87. The predicted octanol–water partition coefficient (Wildman–Crippen LogP) is 3.31. The van der Waals surface area contributed by atoms with Crippen molar-refractivity contribution in [3.05, 3.63) is 46.7 Å². The van der Waals surface area contributed by atoms with Crippen molar-refractivity contribution in [3.63, 3.8) is 0 Å². The van der Waals surface area contributed by atoms with Gasteiger partial charge in [0.2, 0.25) is 5.75 Å². The van der Waals surface area contributed by atoms with E-state index in [1.165, 1.54) is 33.5 Å². The standard InChI is InChI=1S/C18H19ClFNO5/c1-23-15-8-11(9-16(24-2)17(15)25-3)18(22)21-6-7-26-14-5-4-12(20)10-13(14)19/h4-5,8-10H,6-7H2,1-3H3,(H,21,22). The maximum absolute atomic E-state index is 13.0. The second kappa shape index (κ2) is 9.15. The first-order valence-electron chi connectivity index (χ1n) is 7.66. The third kappa shape index (κ3) is 4.70. The highest BCUT2D eigenvalue weighted by Gasteiger charge is 2.16. The van der Waals surface area contributed by atoms with Crippen LogP contribution in [0.5, 0.6) is 23.0 Å². The van der Waals surface area contributed by atoms with Crippen LogP contribution in [0.4, 0.5) is 4.39 Å². The summed E-state index contributed by atoms with van der Waals surface area (Å²) in [4.78, 5) is 12.3. The van der Waals surface area contributed by atoms with Crippen LogP contribution in [0.3, 0.4) is 0 Å². The topological polar surface area (TPSA) is 66.0 Å². The molecule has 6 nitrogen and oxygen atoms in total. The molecule has 0 fully saturated rings. The first-order chi connectivity index (χ1) is 12.5. The molecule has 0 saturated heterocycles. The van der Waals surface area contributed by atoms with Gasteiger partial charge in [0.05, 0.1) is 32.9 Å². The molecular formula is C18H19ClFNO5. The van der Waals surface area contributed by atoms with Gasteiger partial charge in [-0.15, -0.1) is 0 Å². The molecule has 8 heteroatoms. The first kappa shape index (κ1) is 19.7. The maximum atomic E-state index is 13.0. The van der Waals surface area contributed by atoms with Crippen molar-refractivity contribution in [1.82, 2.24) is 5.32 Å². The van der Waals surface area contributed by atoms with E-state index >= 15 is 0 Å². The summed E-state index contributed by atoms with van der Waals surface area (Å²) < 4.78 is 34.1. The van der Waals surface area contributed by atoms with Crippen LogP contribution in [0.15, 0.2) is 30.3 Å². The summed E-state index contributed by atoms with van der Waals surface area (Å²) in [7, 11) is 4.43. The second-order valence-electron chi connectivity index (χ2n) is 5.09. The van der Waals surface area contributed by atoms with Crippen LogP contribution in [0, 0.1) is 5.82 Å². The SMILES string of the molecule is COc1cc(C(=O)NCCOc2ccc(F)cc2Cl)cc(OC)c1OC. The van der Waals surface area contributed by atoms with Gasteiger partial charge in [0.25, 0.3) is 5.91 Å². The molecule has 26 heavy (non-hydrogen) atoms. The number of halogens is 2. The summed E-state index contributed by atoms with van der Waals surface area (Å²) in [6, 6.07) is 6.93. The van der Waals surface area contributed by atoms with Gasteiger partial charge in [0, 0.05) is 5.56 Å². The van der Waals surface area contributed by atoms with Crippen molar-refractivity contribution in [3.8, 4) is 23.0 Å². The average Bonchev–Trinajstić information content (AvgIpc) is 2.64. The average molecular weight is 384 g/mol. The summed E-state index contributed by atoms with van der Waals surface area (Å²) in [5.74, 6) is 0.727. The molecule has 0 bridgehead atoms. The smallest absolute Gasteiger partial charge is 0.251 e. The van der Waals surface area contributed by atoms with Gasteiger partial charge in [-0.3, -0.25) is 4.79 Å². The molecule has 0 radical (unpaired) electrons. The fourth-order valence-corrected chi connectivity index (χ4v) is 2.45. The van der Waals surface area contributed by atoms with Gasteiger partial charge in [-0.05, 0) is 30.3 Å². The third-order valence-electron chi connectivity index (χ3n) is 3.47. The number of carbonyl (C=O) groups excluding carboxylic acids is 1. The van der Waals surface area contributed by atoms with E-state index < -0.39 is 5.82 Å². The van der Waals surface area contributed by atoms with Gasteiger partial charge in [-0.25, -0.2) is 4.39 Å². The molecule has 2 aromatic rings. The predicted molar refractivity (Wildman–Crippen MR) is 95.3 cm³/mol. The molecule has 0 aliphatic rings. The lowest BCUT2D eigenvalue weighted by molar-refractivity contribution is 0.0946. The Morgan fingerprint density at radius 3 is 2.23 bits per heavy atom. The molecule has 1 amide bonds. The lowest BCUT2D eigenvalue weighted by Crippen LogP contribution is -2.28. The molecular weight excluding hydrogens is 365 g/mol. The summed E-state index contributed by atoms with van der Waals surface area (Å²) in [6.45, 7) is 0.394. The Kier molecular flexibility index (Phi) is 6.91. The van der Waals surface area contributed by atoms with Gasteiger partial charge >= 0.3 is 0 Å². The zero-order valence-corrected chi connectivity index (χ0v) is 15.4. The number of benzene rings is 2. The molecule has 0 heterocycles. The number of nitrogens with one attached hydrogen (secondary N) is 1. The van der Waals surface area contributed by atoms with E-state index in [0.717, 1.165) is 6.07 Å². The van der Waals surface area contributed by atoms with Crippen LogP contribution in [0.2, 0.25) is 5.02 Å². The Hall–Kier alpha value is -2.67. The first-order valence-corrected chi connectivity index (χ1v) is 8.04. The van der Waals surface area contributed by atoms with Gasteiger partial charge in [-0.1, -0.05) is 11.6 Å². The Labute approximate surface area is 155 Å². The molecule has 0 aromatic heterocycles. The Bertz CT molecular complexity index is 759. The fourth-order valence-electron chi connectivity index (χ4n) is 2.23. The summed E-state index contributed by atoms with van der Waals surface area (Å²) >= 11 is 5.87. The van der Waals surface area contributed by atoms with Gasteiger partial charge < -0.3 is 24.3 Å². The molecule has 0 atom stereocenters. The molecule has 0 spiro atoms. The van der Waals surface area contributed by atoms with Gasteiger partial charge in [0.1, 0.15) is 18.2 Å². The molecule has 0 aliphatic carbocycles. The minimum atomic E-state index is -0.446. The minimum Gasteiger partial charge on any atom is -0.493 e. The number of hydrogen-bond acceptors (Lipinski definition) is 5. The van der Waals surface area contributed by atoms with Gasteiger partial charge in [0.15, 0.2) is 11.5 Å². The lowest BCUT2D eigenvalue weighted by Gasteiger charge is -2.14. The summed E-state index contributed by atoms with van der Waals surface area (Å²) in [5.41, 5.74) is 0.347. The number of hydrogen-bond donors (Lipinski definition) is 1. The fraction of sp³-hybridized carbons (Fsp3) is 0.278. The largest absolute Gasteiger partial charge is 0.493 e. The van der Waals surface area contributed by atoms with Crippen molar-refractivity contribution in [2.45, 2.75) is 0 Å². The van der Waals surface area contributed by atoms with Crippen molar-refractivity contribution in [1.29, 1.82) is 0 Å². The van der Waals surface area contributed by atoms with Crippen LogP contribution in [0.25, 0.3) is 0 Å². The van der Waals surface area contributed by atoms with Crippen LogP contribution < -0.4 is 24.3 Å². The highest BCUT2D eigenvalue weighted by molar-refractivity contribution is 6.32. The van der Waals surface area contributed by atoms with Crippen LogP contribution in [-0.2, 0) is 0 Å². The highest BCUT2D eigenvalue weighted by atomic mass is 35.5. The number of ether oxygens (including phenoxy) is 4. The highest BCUT2D eigenvalue weighted by Crippen LogP contribution is 2.38. The zero-order valence-electron chi connectivity index (χ0n) is 14.6. The number of methoxy groups -OCH3 is 3.